The van der Waals surface area contributed by atoms with Gasteiger partial charge >= 0.3 is 0 Å². The molecule has 6 heteroatoms. The van der Waals surface area contributed by atoms with E-state index in [9.17, 15) is 0 Å². The number of morpholine rings is 1. The van der Waals surface area contributed by atoms with Gasteiger partial charge in [0.1, 0.15) is 0 Å². The lowest BCUT2D eigenvalue weighted by molar-refractivity contribution is 0.122. The van der Waals surface area contributed by atoms with Crippen LogP contribution in [0.15, 0.2) is 6.20 Å². The molecule has 0 aliphatic carbocycles. The highest BCUT2D eigenvalue weighted by Gasteiger charge is 2.15. The largest absolute Gasteiger partial charge is 0.395 e. The van der Waals surface area contributed by atoms with E-state index in [1.54, 1.807) is 11.3 Å². The first-order valence-electron chi connectivity index (χ1n) is 5.43. The second-order valence-electron chi connectivity index (χ2n) is 3.86. The van der Waals surface area contributed by atoms with Crippen LogP contribution in [0.1, 0.15) is 4.88 Å². The number of aliphatic hydroxyl groups excluding tert-OH is 1. The zero-order valence-electron chi connectivity index (χ0n) is 9.13. The fourth-order valence-electron chi connectivity index (χ4n) is 1.62. The normalized spacial score (nSPS) is 18.8. The maximum absolute atomic E-state index is 8.88. The molecule has 1 aromatic heterocycles. The van der Waals surface area contributed by atoms with Gasteiger partial charge in [-0.25, -0.2) is 4.98 Å². The second-order valence-corrected chi connectivity index (χ2v) is 4.95. The second kappa shape index (κ2) is 5.58. The third-order valence-corrected chi connectivity index (χ3v) is 3.60. The topological polar surface area (TPSA) is 71.6 Å². The van der Waals surface area contributed by atoms with E-state index in [0.717, 1.165) is 36.3 Å². The third kappa shape index (κ3) is 2.91. The maximum Gasteiger partial charge on any atom is 0.185 e. The third-order valence-electron chi connectivity index (χ3n) is 2.52. The standard InChI is InChI=1S/C10H17N3O2S/c11-8(7-14)5-9-6-12-10(16-9)13-1-3-15-4-2-13/h6,8,14H,1-5,7,11H2. The number of hydrogen-bond acceptors (Lipinski definition) is 6. The summed E-state index contributed by atoms with van der Waals surface area (Å²) in [5.74, 6) is 0. The average molecular weight is 243 g/mol. The molecule has 1 unspecified atom stereocenters. The van der Waals surface area contributed by atoms with E-state index >= 15 is 0 Å². The van der Waals surface area contributed by atoms with Crippen molar-refractivity contribution in [2.45, 2.75) is 12.5 Å². The SMILES string of the molecule is NC(CO)Cc1cnc(N2CCOCC2)s1. The molecule has 0 bridgehead atoms. The van der Waals surface area contributed by atoms with Crippen molar-refractivity contribution in [1.29, 1.82) is 0 Å². The number of nitrogens with two attached hydrogens (primary N) is 1. The van der Waals surface area contributed by atoms with Crippen LogP contribution in [0.5, 0.6) is 0 Å². The monoisotopic (exact) mass is 243 g/mol. The molecule has 16 heavy (non-hydrogen) atoms. The highest BCUT2D eigenvalue weighted by Crippen LogP contribution is 2.23. The summed E-state index contributed by atoms with van der Waals surface area (Å²) in [5, 5.41) is 9.91. The Morgan fingerprint density at radius 1 is 1.56 bits per heavy atom. The van der Waals surface area contributed by atoms with E-state index in [4.69, 9.17) is 15.6 Å². The molecule has 0 spiro atoms. The Bertz CT molecular complexity index is 326. The summed E-state index contributed by atoms with van der Waals surface area (Å²) in [6, 6.07) is -0.182. The maximum atomic E-state index is 8.88. The van der Waals surface area contributed by atoms with Crippen LogP contribution in [0.3, 0.4) is 0 Å². The lowest BCUT2D eigenvalue weighted by atomic mass is 10.2. The van der Waals surface area contributed by atoms with Crippen LogP contribution in [0.4, 0.5) is 5.13 Å². The van der Waals surface area contributed by atoms with Gasteiger partial charge in [0.2, 0.25) is 0 Å². The Kier molecular flexibility index (Phi) is 4.11. The average Bonchev–Trinajstić information content (AvgIpc) is 2.78. The number of aliphatic hydroxyl groups is 1. The van der Waals surface area contributed by atoms with Crippen molar-refractivity contribution in [2.24, 2.45) is 5.73 Å². The van der Waals surface area contributed by atoms with Gasteiger partial charge < -0.3 is 20.5 Å². The van der Waals surface area contributed by atoms with Crippen LogP contribution < -0.4 is 10.6 Å². The molecule has 5 nitrogen and oxygen atoms in total. The fourth-order valence-corrected chi connectivity index (χ4v) is 2.67. The van der Waals surface area contributed by atoms with Crippen molar-refractivity contribution >= 4 is 16.5 Å². The van der Waals surface area contributed by atoms with E-state index < -0.39 is 0 Å². The zero-order valence-corrected chi connectivity index (χ0v) is 9.95. The predicted molar refractivity (Wildman–Crippen MR) is 63.9 cm³/mol. The first kappa shape index (κ1) is 11.8. The molecule has 1 saturated heterocycles. The van der Waals surface area contributed by atoms with Crippen molar-refractivity contribution in [1.82, 2.24) is 4.98 Å². The number of nitrogens with zero attached hydrogens (tertiary/aromatic N) is 2. The Hall–Kier alpha value is -0.690. The summed E-state index contributed by atoms with van der Waals surface area (Å²) in [5.41, 5.74) is 5.69. The summed E-state index contributed by atoms with van der Waals surface area (Å²) in [6.07, 6.45) is 2.55. The van der Waals surface area contributed by atoms with Gasteiger partial charge in [0, 0.05) is 36.6 Å². The summed E-state index contributed by atoms with van der Waals surface area (Å²) in [7, 11) is 0. The molecule has 1 atom stereocenters. The number of hydrogen-bond donors (Lipinski definition) is 2. The predicted octanol–water partition coefficient (Wildman–Crippen LogP) is -0.158. The smallest absolute Gasteiger partial charge is 0.185 e. The molecule has 1 fully saturated rings. The fraction of sp³-hybridized carbons (Fsp3) is 0.700. The van der Waals surface area contributed by atoms with Crippen molar-refractivity contribution in [3.05, 3.63) is 11.1 Å². The number of anilines is 1. The number of thiazole rings is 1. The highest BCUT2D eigenvalue weighted by atomic mass is 32.1. The summed E-state index contributed by atoms with van der Waals surface area (Å²) < 4.78 is 5.29. The molecule has 0 radical (unpaired) electrons. The van der Waals surface area contributed by atoms with Crippen molar-refractivity contribution < 1.29 is 9.84 Å². The Balaban J connectivity index is 1.95. The highest BCUT2D eigenvalue weighted by molar-refractivity contribution is 7.15. The van der Waals surface area contributed by atoms with Crippen molar-refractivity contribution in [2.75, 3.05) is 37.8 Å². The van der Waals surface area contributed by atoms with Gasteiger partial charge in [-0.3, -0.25) is 0 Å². The number of rotatable bonds is 4. The van der Waals surface area contributed by atoms with Crippen LogP contribution in [-0.2, 0) is 11.2 Å². The molecule has 0 amide bonds. The van der Waals surface area contributed by atoms with Gasteiger partial charge in [-0.15, -0.1) is 11.3 Å². The molecule has 1 aromatic rings. The Labute approximate surface area is 98.8 Å². The van der Waals surface area contributed by atoms with Crippen LogP contribution in [0.25, 0.3) is 0 Å². The van der Waals surface area contributed by atoms with Crippen LogP contribution in [-0.4, -0.2) is 49.0 Å². The van der Waals surface area contributed by atoms with E-state index in [1.165, 1.54) is 0 Å². The van der Waals surface area contributed by atoms with Gasteiger partial charge in [0.05, 0.1) is 19.8 Å². The molecule has 2 rings (SSSR count). The first-order chi connectivity index (χ1) is 7.79. The summed E-state index contributed by atoms with van der Waals surface area (Å²) >= 11 is 1.65. The first-order valence-corrected chi connectivity index (χ1v) is 6.25. The molecular weight excluding hydrogens is 226 g/mol. The number of aromatic nitrogens is 1. The zero-order chi connectivity index (χ0) is 11.4. The van der Waals surface area contributed by atoms with Gasteiger partial charge in [0.15, 0.2) is 5.13 Å². The van der Waals surface area contributed by atoms with E-state index in [1.807, 2.05) is 6.20 Å². The minimum Gasteiger partial charge on any atom is -0.395 e. The van der Waals surface area contributed by atoms with Crippen LogP contribution in [0.2, 0.25) is 0 Å². The Morgan fingerprint density at radius 3 is 3.00 bits per heavy atom. The molecule has 3 N–H and O–H groups in total. The van der Waals surface area contributed by atoms with Gasteiger partial charge in [-0.05, 0) is 0 Å². The molecule has 0 aromatic carbocycles. The van der Waals surface area contributed by atoms with Gasteiger partial charge in [0.25, 0.3) is 0 Å². The number of ether oxygens (including phenoxy) is 1. The van der Waals surface area contributed by atoms with Crippen molar-refractivity contribution in [3.63, 3.8) is 0 Å². The molecular formula is C10H17N3O2S. The van der Waals surface area contributed by atoms with Crippen molar-refractivity contribution in [3.8, 4) is 0 Å². The van der Waals surface area contributed by atoms with Gasteiger partial charge in [-0.1, -0.05) is 0 Å². The van der Waals surface area contributed by atoms with Crippen LogP contribution >= 0.6 is 11.3 Å². The quantitative estimate of drug-likeness (QED) is 0.769. The molecule has 90 valence electrons. The van der Waals surface area contributed by atoms with E-state index in [-0.39, 0.29) is 12.6 Å². The molecule has 0 saturated carbocycles. The lowest BCUT2D eigenvalue weighted by Gasteiger charge is -2.26. The summed E-state index contributed by atoms with van der Waals surface area (Å²) in [4.78, 5) is 7.73. The molecule has 1 aliphatic heterocycles. The minimum absolute atomic E-state index is 0.0186. The van der Waals surface area contributed by atoms with E-state index in [2.05, 4.69) is 9.88 Å². The molecule has 1 aliphatic rings. The van der Waals surface area contributed by atoms with E-state index in [0.29, 0.717) is 6.42 Å². The Morgan fingerprint density at radius 2 is 2.31 bits per heavy atom. The summed E-state index contributed by atoms with van der Waals surface area (Å²) in [6.45, 7) is 3.36. The van der Waals surface area contributed by atoms with Gasteiger partial charge in [-0.2, -0.15) is 0 Å². The molecule has 2 heterocycles. The minimum atomic E-state index is -0.182. The van der Waals surface area contributed by atoms with Crippen LogP contribution in [0, 0.1) is 0 Å². The lowest BCUT2D eigenvalue weighted by Crippen LogP contribution is -2.36.